The molecule has 2 aromatic rings. The summed E-state index contributed by atoms with van der Waals surface area (Å²) in [5, 5.41) is 12.4. The van der Waals surface area contributed by atoms with Crippen LogP contribution in [0.3, 0.4) is 0 Å². The molecule has 0 fully saturated rings. The fourth-order valence-corrected chi connectivity index (χ4v) is 1.71. The van der Waals surface area contributed by atoms with Crippen LogP contribution in [0.5, 0.6) is 0 Å². The molecule has 0 aliphatic heterocycles. The average molecular weight is 284 g/mol. The summed E-state index contributed by atoms with van der Waals surface area (Å²) in [7, 11) is 0. The van der Waals surface area contributed by atoms with Crippen LogP contribution in [0.25, 0.3) is 0 Å². The minimum Gasteiger partial charge on any atom is -0.467 e. The lowest BCUT2D eigenvalue weighted by Crippen LogP contribution is -2.28. The van der Waals surface area contributed by atoms with Gasteiger partial charge in [0.1, 0.15) is 17.7 Å². The van der Waals surface area contributed by atoms with Crippen LogP contribution in [0.15, 0.2) is 41.0 Å². The van der Waals surface area contributed by atoms with Gasteiger partial charge in [0.05, 0.1) is 18.4 Å². The van der Waals surface area contributed by atoms with Crippen molar-refractivity contribution >= 4 is 17.5 Å². The first-order valence-electron chi connectivity index (χ1n) is 5.52. The first kappa shape index (κ1) is 13.6. The molecule has 1 unspecified atom stereocenters. The van der Waals surface area contributed by atoms with Gasteiger partial charge in [0.15, 0.2) is 0 Å². The Morgan fingerprint density at radius 3 is 2.95 bits per heavy atom. The van der Waals surface area contributed by atoms with Gasteiger partial charge in [0, 0.05) is 5.02 Å². The number of hydrogen-bond donors (Lipinski definition) is 2. The summed E-state index contributed by atoms with van der Waals surface area (Å²) >= 11 is 5.69. The fraction of sp³-hybridized carbons (Fsp3) is 0.154. The van der Waals surface area contributed by atoms with Gasteiger partial charge in [0.2, 0.25) is 0 Å². The van der Waals surface area contributed by atoms with E-state index in [-0.39, 0.29) is 17.1 Å². The Hall–Kier alpha value is -1.85. The smallest absolute Gasteiger partial charge is 0.254 e. The molecule has 0 aliphatic rings. The number of furan rings is 1. The molecule has 0 bridgehead atoms. The zero-order chi connectivity index (χ0) is 13.8. The van der Waals surface area contributed by atoms with Crippen molar-refractivity contribution < 1.29 is 18.7 Å². The third kappa shape index (κ3) is 3.33. The Morgan fingerprint density at radius 1 is 1.47 bits per heavy atom. The largest absolute Gasteiger partial charge is 0.467 e. The van der Waals surface area contributed by atoms with Crippen LogP contribution in [-0.2, 0) is 0 Å². The highest BCUT2D eigenvalue weighted by atomic mass is 35.5. The molecule has 0 radical (unpaired) electrons. The maximum Gasteiger partial charge on any atom is 0.254 e. The molecule has 1 aromatic carbocycles. The summed E-state index contributed by atoms with van der Waals surface area (Å²) in [6.45, 7) is -0.0850. The minimum absolute atomic E-state index is 0.0850. The van der Waals surface area contributed by atoms with Crippen LogP contribution in [0.2, 0.25) is 5.02 Å². The second-order valence-corrected chi connectivity index (χ2v) is 4.30. The van der Waals surface area contributed by atoms with Crippen molar-refractivity contribution in [3.8, 4) is 0 Å². The second-order valence-electron chi connectivity index (χ2n) is 3.87. The quantitative estimate of drug-likeness (QED) is 0.906. The summed E-state index contributed by atoms with van der Waals surface area (Å²) < 4.78 is 18.4. The highest BCUT2D eigenvalue weighted by molar-refractivity contribution is 6.30. The molecule has 4 nitrogen and oxygen atoms in total. The van der Waals surface area contributed by atoms with Gasteiger partial charge in [-0.25, -0.2) is 4.39 Å². The lowest BCUT2D eigenvalue weighted by molar-refractivity contribution is 0.0897. The van der Waals surface area contributed by atoms with Gasteiger partial charge >= 0.3 is 0 Å². The molecule has 0 saturated heterocycles. The lowest BCUT2D eigenvalue weighted by Gasteiger charge is -2.10. The van der Waals surface area contributed by atoms with E-state index in [1.807, 2.05) is 0 Å². The highest BCUT2D eigenvalue weighted by Gasteiger charge is 2.15. The Kier molecular flexibility index (Phi) is 4.19. The first-order chi connectivity index (χ1) is 9.08. The van der Waals surface area contributed by atoms with Crippen LogP contribution >= 0.6 is 11.6 Å². The zero-order valence-electron chi connectivity index (χ0n) is 9.77. The summed E-state index contributed by atoms with van der Waals surface area (Å²) in [6.07, 6.45) is 0.429. The van der Waals surface area contributed by atoms with Gasteiger partial charge in [-0.2, -0.15) is 0 Å². The molecular formula is C13H11ClFNO3. The third-order valence-electron chi connectivity index (χ3n) is 2.50. The van der Waals surface area contributed by atoms with Gasteiger partial charge in [-0.05, 0) is 30.3 Å². The van der Waals surface area contributed by atoms with E-state index in [4.69, 9.17) is 16.0 Å². The number of nitrogens with one attached hydrogen (secondary N) is 1. The fourth-order valence-electron chi connectivity index (χ4n) is 1.54. The molecule has 1 heterocycles. The first-order valence-corrected chi connectivity index (χ1v) is 5.90. The Balaban J connectivity index is 2.00. The summed E-state index contributed by atoms with van der Waals surface area (Å²) in [5.74, 6) is -0.994. The monoisotopic (exact) mass is 283 g/mol. The number of benzene rings is 1. The van der Waals surface area contributed by atoms with Crippen molar-refractivity contribution in [2.45, 2.75) is 6.10 Å². The molecule has 2 N–H and O–H groups in total. The summed E-state index contributed by atoms with van der Waals surface area (Å²) in [4.78, 5) is 11.7. The van der Waals surface area contributed by atoms with Crippen molar-refractivity contribution in [2.75, 3.05) is 6.54 Å². The molecule has 0 spiro atoms. The molecule has 100 valence electrons. The number of carbonyl (C=O) groups excluding carboxylic acids is 1. The van der Waals surface area contributed by atoms with Crippen molar-refractivity contribution in [1.29, 1.82) is 0 Å². The lowest BCUT2D eigenvalue weighted by atomic mass is 10.2. The Labute approximate surface area is 113 Å². The minimum atomic E-state index is -0.985. The SMILES string of the molecule is O=C(NCC(O)c1ccco1)c1cc(Cl)ccc1F. The molecule has 6 heteroatoms. The summed E-state index contributed by atoms with van der Waals surface area (Å²) in [5.41, 5.74) is -0.167. The molecule has 1 aromatic heterocycles. The van der Waals surface area contributed by atoms with E-state index in [1.165, 1.54) is 18.4 Å². The number of amides is 1. The van der Waals surface area contributed by atoms with Crippen molar-refractivity contribution in [2.24, 2.45) is 0 Å². The number of aliphatic hydroxyl groups excluding tert-OH is 1. The van der Waals surface area contributed by atoms with Crippen molar-refractivity contribution in [1.82, 2.24) is 5.32 Å². The van der Waals surface area contributed by atoms with E-state index in [0.717, 1.165) is 6.07 Å². The number of hydrogen-bond acceptors (Lipinski definition) is 3. The molecule has 1 atom stereocenters. The molecular weight excluding hydrogens is 273 g/mol. The molecule has 2 rings (SSSR count). The number of carbonyl (C=O) groups is 1. The number of rotatable bonds is 4. The van der Waals surface area contributed by atoms with Gasteiger partial charge < -0.3 is 14.8 Å². The van der Waals surface area contributed by atoms with E-state index in [9.17, 15) is 14.3 Å². The molecule has 0 saturated carbocycles. The van der Waals surface area contributed by atoms with Crippen molar-refractivity contribution in [3.63, 3.8) is 0 Å². The predicted molar refractivity (Wildman–Crippen MR) is 67.4 cm³/mol. The standard InChI is InChI=1S/C13H11ClFNO3/c14-8-3-4-10(15)9(6-8)13(18)16-7-11(17)12-2-1-5-19-12/h1-6,11,17H,7H2,(H,16,18). The van der Waals surface area contributed by atoms with Crippen LogP contribution in [0.1, 0.15) is 22.2 Å². The molecule has 19 heavy (non-hydrogen) atoms. The van der Waals surface area contributed by atoms with E-state index >= 15 is 0 Å². The molecule has 0 aliphatic carbocycles. The number of aliphatic hydroxyl groups is 1. The van der Waals surface area contributed by atoms with Crippen molar-refractivity contribution in [3.05, 3.63) is 58.8 Å². The van der Waals surface area contributed by atoms with Crippen LogP contribution < -0.4 is 5.32 Å². The van der Waals surface area contributed by atoms with Crippen LogP contribution in [0.4, 0.5) is 4.39 Å². The topological polar surface area (TPSA) is 62.5 Å². The maximum atomic E-state index is 13.4. The van der Waals surface area contributed by atoms with E-state index in [2.05, 4.69) is 5.32 Å². The number of halogens is 2. The normalized spacial score (nSPS) is 12.2. The Morgan fingerprint density at radius 2 is 2.26 bits per heavy atom. The van der Waals surface area contributed by atoms with E-state index in [0.29, 0.717) is 5.76 Å². The average Bonchev–Trinajstić information content (AvgIpc) is 2.92. The summed E-state index contributed by atoms with van der Waals surface area (Å²) in [6, 6.07) is 6.89. The highest BCUT2D eigenvalue weighted by Crippen LogP contribution is 2.16. The predicted octanol–water partition coefficient (Wildman–Crippen LogP) is 2.54. The van der Waals surface area contributed by atoms with Gasteiger partial charge in [-0.15, -0.1) is 0 Å². The maximum absolute atomic E-state index is 13.4. The van der Waals surface area contributed by atoms with Gasteiger partial charge in [0.25, 0.3) is 5.91 Å². The van der Waals surface area contributed by atoms with Gasteiger partial charge in [-0.3, -0.25) is 4.79 Å². The van der Waals surface area contributed by atoms with E-state index < -0.39 is 17.8 Å². The molecule has 1 amide bonds. The van der Waals surface area contributed by atoms with Gasteiger partial charge in [-0.1, -0.05) is 11.6 Å². The second kappa shape index (κ2) is 5.86. The van der Waals surface area contributed by atoms with E-state index in [1.54, 1.807) is 12.1 Å². The van der Waals surface area contributed by atoms with Crippen LogP contribution in [-0.4, -0.2) is 17.6 Å². The zero-order valence-corrected chi connectivity index (χ0v) is 10.5. The Bertz CT molecular complexity index is 571. The third-order valence-corrected chi connectivity index (χ3v) is 2.74. The van der Waals surface area contributed by atoms with Crippen LogP contribution in [0, 0.1) is 5.82 Å².